The SMILES string of the molecule is Cc1cc(C)c2c(NC(=O)C3CCCCC3)csc2n1. The normalized spacial score (nSPS) is 16.5. The number of amides is 1. The smallest absolute Gasteiger partial charge is 0.227 e. The maximum absolute atomic E-state index is 12.4. The molecule has 0 bridgehead atoms. The maximum Gasteiger partial charge on any atom is 0.227 e. The van der Waals surface area contributed by atoms with Crippen LogP contribution in [0.2, 0.25) is 0 Å². The number of nitrogens with one attached hydrogen (secondary N) is 1. The van der Waals surface area contributed by atoms with E-state index in [2.05, 4.69) is 23.3 Å². The fourth-order valence-electron chi connectivity index (χ4n) is 3.08. The Kier molecular flexibility index (Phi) is 3.74. The summed E-state index contributed by atoms with van der Waals surface area (Å²) >= 11 is 1.61. The quantitative estimate of drug-likeness (QED) is 0.888. The van der Waals surface area contributed by atoms with Crippen LogP contribution in [0.3, 0.4) is 0 Å². The van der Waals surface area contributed by atoms with Gasteiger partial charge in [0.1, 0.15) is 4.83 Å². The molecule has 3 rings (SSSR count). The number of thiophene rings is 1. The number of aromatic nitrogens is 1. The lowest BCUT2D eigenvalue weighted by Gasteiger charge is -2.20. The predicted molar refractivity (Wildman–Crippen MR) is 84.3 cm³/mol. The molecule has 2 heterocycles. The van der Waals surface area contributed by atoms with E-state index < -0.39 is 0 Å². The van der Waals surface area contributed by atoms with Gasteiger partial charge in [-0.3, -0.25) is 4.79 Å². The van der Waals surface area contributed by atoms with Gasteiger partial charge in [-0.15, -0.1) is 11.3 Å². The van der Waals surface area contributed by atoms with E-state index in [4.69, 9.17) is 0 Å². The number of nitrogens with zero attached hydrogens (tertiary/aromatic N) is 1. The molecule has 0 radical (unpaired) electrons. The number of aryl methyl sites for hydroxylation is 2. The number of anilines is 1. The fraction of sp³-hybridized carbons (Fsp3) is 0.500. The van der Waals surface area contributed by atoms with Crippen LogP contribution in [0.5, 0.6) is 0 Å². The molecule has 1 N–H and O–H groups in total. The predicted octanol–water partition coefficient (Wildman–Crippen LogP) is 4.43. The lowest BCUT2D eigenvalue weighted by Crippen LogP contribution is -2.24. The van der Waals surface area contributed by atoms with Crippen molar-refractivity contribution in [3.05, 3.63) is 22.7 Å². The van der Waals surface area contributed by atoms with Crippen molar-refractivity contribution in [1.29, 1.82) is 0 Å². The molecule has 3 nitrogen and oxygen atoms in total. The molecule has 106 valence electrons. The van der Waals surface area contributed by atoms with E-state index in [-0.39, 0.29) is 11.8 Å². The van der Waals surface area contributed by atoms with E-state index in [1.807, 2.05) is 12.3 Å². The molecule has 0 aliphatic heterocycles. The third-order valence-corrected chi connectivity index (χ3v) is 4.98. The van der Waals surface area contributed by atoms with Gasteiger partial charge in [-0.1, -0.05) is 19.3 Å². The van der Waals surface area contributed by atoms with Gasteiger partial charge in [-0.05, 0) is 38.3 Å². The minimum Gasteiger partial charge on any atom is -0.324 e. The highest BCUT2D eigenvalue weighted by Gasteiger charge is 2.22. The molecule has 0 aromatic carbocycles. The summed E-state index contributed by atoms with van der Waals surface area (Å²) in [5.41, 5.74) is 3.15. The van der Waals surface area contributed by atoms with Crippen LogP contribution in [0.1, 0.15) is 43.4 Å². The van der Waals surface area contributed by atoms with Gasteiger partial charge < -0.3 is 5.32 Å². The number of hydrogen-bond donors (Lipinski definition) is 1. The third-order valence-electron chi connectivity index (χ3n) is 4.10. The zero-order chi connectivity index (χ0) is 14.1. The highest BCUT2D eigenvalue weighted by atomic mass is 32.1. The monoisotopic (exact) mass is 288 g/mol. The average molecular weight is 288 g/mol. The second-order valence-electron chi connectivity index (χ2n) is 5.73. The largest absolute Gasteiger partial charge is 0.324 e. The highest BCUT2D eigenvalue weighted by molar-refractivity contribution is 7.17. The Hall–Kier alpha value is -1.42. The van der Waals surface area contributed by atoms with E-state index in [0.717, 1.165) is 34.4 Å². The fourth-order valence-corrected chi connectivity index (χ4v) is 4.07. The van der Waals surface area contributed by atoms with Crippen molar-refractivity contribution in [2.24, 2.45) is 5.92 Å². The van der Waals surface area contributed by atoms with Crippen molar-refractivity contribution in [2.75, 3.05) is 5.32 Å². The Bertz CT molecular complexity index is 641. The average Bonchev–Trinajstić information content (AvgIpc) is 2.82. The van der Waals surface area contributed by atoms with E-state index >= 15 is 0 Å². The molecule has 1 aliphatic rings. The first-order valence-corrected chi connectivity index (χ1v) is 8.19. The van der Waals surface area contributed by atoms with Gasteiger partial charge in [0.25, 0.3) is 0 Å². The summed E-state index contributed by atoms with van der Waals surface area (Å²) in [7, 11) is 0. The third kappa shape index (κ3) is 2.57. The number of carbonyl (C=O) groups excluding carboxylic acids is 1. The topological polar surface area (TPSA) is 42.0 Å². The van der Waals surface area contributed by atoms with Gasteiger partial charge in [0.15, 0.2) is 0 Å². The molecular weight excluding hydrogens is 268 g/mol. The van der Waals surface area contributed by atoms with Gasteiger partial charge in [-0.2, -0.15) is 0 Å². The van der Waals surface area contributed by atoms with Crippen LogP contribution in [0.4, 0.5) is 5.69 Å². The Morgan fingerprint density at radius 1 is 1.30 bits per heavy atom. The molecule has 0 unspecified atom stereocenters. The molecule has 1 amide bonds. The van der Waals surface area contributed by atoms with Crippen molar-refractivity contribution in [2.45, 2.75) is 46.0 Å². The van der Waals surface area contributed by atoms with Gasteiger partial charge in [0.05, 0.1) is 5.69 Å². The first-order valence-electron chi connectivity index (χ1n) is 7.31. The minimum absolute atomic E-state index is 0.185. The first-order chi connectivity index (χ1) is 9.65. The summed E-state index contributed by atoms with van der Waals surface area (Å²) in [4.78, 5) is 17.9. The lowest BCUT2D eigenvalue weighted by atomic mass is 9.88. The molecule has 0 atom stereocenters. The maximum atomic E-state index is 12.4. The van der Waals surface area contributed by atoms with Crippen molar-refractivity contribution in [1.82, 2.24) is 4.98 Å². The number of pyridine rings is 1. The summed E-state index contributed by atoms with van der Waals surface area (Å²) in [6.07, 6.45) is 5.70. The zero-order valence-corrected chi connectivity index (χ0v) is 12.8. The number of hydrogen-bond acceptors (Lipinski definition) is 3. The van der Waals surface area contributed by atoms with E-state index in [1.54, 1.807) is 11.3 Å². The van der Waals surface area contributed by atoms with Crippen molar-refractivity contribution in [3.8, 4) is 0 Å². The second-order valence-corrected chi connectivity index (χ2v) is 6.59. The van der Waals surface area contributed by atoms with Crippen LogP contribution >= 0.6 is 11.3 Å². The van der Waals surface area contributed by atoms with Crippen LogP contribution in [0, 0.1) is 19.8 Å². The molecule has 1 aliphatic carbocycles. The standard InChI is InChI=1S/C16H20N2OS/c1-10-8-11(2)17-16-14(10)13(9-20-16)18-15(19)12-6-4-3-5-7-12/h8-9,12H,3-7H2,1-2H3,(H,18,19). The van der Waals surface area contributed by atoms with Crippen molar-refractivity contribution in [3.63, 3.8) is 0 Å². The molecule has 20 heavy (non-hydrogen) atoms. The summed E-state index contributed by atoms with van der Waals surface area (Å²) < 4.78 is 0. The Labute approximate surface area is 123 Å². The summed E-state index contributed by atoms with van der Waals surface area (Å²) in [5, 5.41) is 6.25. The number of rotatable bonds is 2. The summed E-state index contributed by atoms with van der Waals surface area (Å²) in [5.74, 6) is 0.377. The first kappa shape index (κ1) is 13.6. The number of fused-ring (bicyclic) bond motifs is 1. The molecule has 0 saturated heterocycles. The number of carbonyl (C=O) groups is 1. The Morgan fingerprint density at radius 2 is 2.05 bits per heavy atom. The second kappa shape index (κ2) is 5.52. The van der Waals surface area contributed by atoms with Crippen molar-refractivity contribution < 1.29 is 4.79 Å². The van der Waals surface area contributed by atoms with Crippen LogP contribution in [0.15, 0.2) is 11.4 Å². The van der Waals surface area contributed by atoms with Gasteiger partial charge in [-0.25, -0.2) is 4.98 Å². The van der Waals surface area contributed by atoms with Crippen molar-refractivity contribution >= 4 is 33.1 Å². The molecule has 4 heteroatoms. The van der Waals surface area contributed by atoms with Crippen LogP contribution in [0.25, 0.3) is 10.2 Å². The van der Waals surface area contributed by atoms with Crippen LogP contribution in [-0.4, -0.2) is 10.9 Å². The molecule has 0 spiro atoms. The molecule has 1 fully saturated rings. The molecule has 2 aromatic rings. The Morgan fingerprint density at radius 3 is 2.80 bits per heavy atom. The summed E-state index contributed by atoms with van der Waals surface area (Å²) in [6, 6.07) is 2.07. The van der Waals surface area contributed by atoms with Gasteiger partial charge >= 0.3 is 0 Å². The minimum atomic E-state index is 0.185. The van der Waals surface area contributed by atoms with E-state index in [9.17, 15) is 4.79 Å². The molecule has 2 aromatic heterocycles. The van der Waals surface area contributed by atoms with Gasteiger partial charge in [0.2, 0.25) is 5.91 Å². The highest BCUT2D eigenvalue weighted by Crippen LogP contribution is 2.33. The molecular formula is C16H20N2OS. The van der Waals surface area contributed by atoms with E-state index in [1.165, 1.54) is 24.8 Å². The van der Waals surface area contributed by atoms with E-state index in [0.29, 0.717) is 0 Å². The van der Waals surface area contributed by atoms with Crippen LogP contribution < -0.4 is 5.32 Å². The Balaban J connectivity index is 1.85. The summed E-state index contributed by atoms with van der Waals surface area (Å²) in [6.45, 7) is 4.09. The lowest BCUT2D eigenvalue weighted by molar-refractivity contribution is -0.120. The van der Waals surface area contributed by atoms with Gasteiger partial charge in [0, 0.05) is 22.4 Å². The van der Waals surface area contributed by atoms with Crippen LogP contribution in [-0.2, 0) is 4.79 Å². The zero-order valence-electron chi connectivity index (χ0n) is 12.0. The molecule has 1 saturated carbocycles.